The minimum Gasteiger partial charge on any atom is -0.465 e. The van der Waals surface area contributed by atoms with Crippen LogP contribution in [0.4, 0.5) is 0 Å². The number of furan rings is 1. The smallest absolute Gasteiger partial charge is 0.341 e. The van der Waals surface area contributed by atoms with Gasteiger partial charge in [-0.3, -0.25) is 9.89 Å². The van der Waals surface area contributed by atoms with E-state index in [1.165, 1.54) is 12.0 Å². The van der Waals surface area contributed by atoms with Crippen molar-refractivity contribution in [2.75, 3.05) is 14.2 Å². The van der Waals surface area contributed by atoms with E-state index in [2.05, 4.69) is 10.2 Å². The molecule has 0 saturated carbocycles. The van der Waals surface area contributed by atoms with Gasteiger partial charge in [0.2, 0.25) is 0 Å². The monoisotopic (exact) mass is 327 g/mol. The van der Waals surface area contributed by atoms with E-state index in [1.54, 1.807) is 20.0 Å². The topological polar surface area (TPSA) is 88.4 Å². The van der Waals surface area contributed by atoms with Crippen molar-refractivity contribution in [3.05, 3.63) is 53.1 Å². The van der Waals surface area contributed by atoms with Gasteiger partial charge in [-0.15, -0.1) is 0 Å². The van der Waals surface area contributed by atoms with E-state index in [9.17, 15) is 9.59 Å². The van der Waals surface area contributed by atoms with E-state index in [4.69, 9.17) is 9.15 Å². The molecule has 0 aliphatic rings. The summed E-state index contributed by atoms with van der Waals surface area (Å²) in [6.07, 6.45) is 0. The third-order valence-electron chi connectivity index (χ3n) is 3.79. The van der Waals surface area contributed by atoms with Crippen LogP contribution in [0.15, 0.2) is 34.7 Å². The lowest BCUT2D eigenvalue weighted by atomic mass is 10.2. The van der Waals surface area contributed by atoms with Crippen molar-refractivity contribution in [2.45, 2.75) is 13.5 Å². The number of aryl methyl sites for hydroxylation is 1. The fourth-order valence-electron chi connectivity index (χ4n) is 2.55. The Balaban J connectivity index is 1.81. The first-order valence-electron chi connectivity index (χ1n) is 7.37. The first-order chi connectivity index (χ1) is 11.5. The molecule has 0 spiro atoms. The molecule has 1 aromatic carbocycles. The molecule has 0 aliphatic carbocycles. The van der Waals surface area contributed by atoms with Crippen LogP contribution in [0.25, 0.3) is 10.9 Å². The third kappa shape index (κ3) is 2.76. The van der Waals surface area contributed by atoms with Crippen molar-refractivity contribution in [3.63, 3.8) is 0 Å². The number of fused-ring (bicyclic) bond motifs is 1. The Bertz CT molecular complexity index is 910. The molecular weight excluding hydrogens is 310 g/mol. The molecule has 24 heavy (non-hydrogen) atoms. The largest absolute Gasteiger partial charge is 0.465 e. The molecule has 0 aliphatic heterocycles. The Kier molecular flexibility index (Phi) is 4.07. The van der Waals surface area contributed by atoms with Crippen LogP contribution in [0.2, 0.25) is 0 Å². The highest BCUT2D eigenvalue weighted by Crippen LogP contribution is 2.20. The Labute approximate surface area is 138 Å². The molecule has 0 fully saturated rings. The molecule has 124 valence electrons. The summed E-state index contributed by atoms with van der Waals surface area (Å²) >= 11 is 0. The fourth-order valence-corrected chi connectivity index (χ4v) is 2.55. The highest BCUT2D eigenvalue weighted by Gasteiger charge is 2.21. The number of carbonyl (C=O) groups excluding carboxylic acids is 2. The van der Waals surface area contributed by atoms with Gasteiger partial charge in [-0.05, 0) is 19.1 Å². The Morgan fingerprint density at radius 2 is 2.08 bits per heavy atom. The summed E-state index contributed by atoms with van der Waals surface area (Å²) in [5.41, 5.74) is 1.51. The molecule has 0 atom stereocenters. The molecular formula is C17H17N3O4. The molecule has 0 radical (unpaired) electrons. The molecule has 7 nitrogen and oxygen atoms in total. The standard InChI is InChI=1S/C17H17N3O4/c1-10-13(17(22)23-3)8-11(24-10)9-20(2)16(21)15-12-6-4-5-7-14(12)18-19-15/h4-8H,9H2,1-3H3,(H,18,19). The Morgan fingerprint density at radius 1 is 1.33 bits per heavy atom. The highest BCUT2D eigenvalue weighted by atomic mass is 16.5. The summed E-state index contributed by atoms with van der Waals surface area (Å²) in [7, 11) is 2.97. The lowest BCUT2D eigenvalue weighted by Crippen LogP contribution is -2.26. The molecule has 1 N–H and O–H groups in total. The number of nitrogens with one attached hydrogen (secondary N) is 1. The van der Waals surface area contributed by atoms with Gasteiger partial charge in [-0.2, -0.15) is 5.10 Å². The van der Waals surface area contributed by atoms with Crippen LogP contribution in [0.5, 0.6) is 0 Å². The number of H-pyrrole nitrogens is 1. The molecule has 3 aromatic rings. The zero-order valence-electron chi connectivity index (χ0n) is 13.6. The number of hydrogen-bond donors (Lipinski definition) is 1. The maximum Gasteiger partial charge on any atom is 0.341 e. The minimum atomic E-state index is -0.463. The highest BCUT2D eigenvalue weighted by molar-refractivity contribution is 6.04. The quantitative estimate of drug-likeness (QED) is 0.744. The second kappa shape index (κ2) is 6.19. The molecule has 0 saturated heterocycles. The van der Waals surface area contributed by atoms with Crippen LogP contribution in [0, 0.1) is 6.92 Å². The van der Waals surface area contributed by atoms with Gasteiger partial charge in [0.05, 0.1) is 19.2 Å². The van der Waals surface area contributed by atoms with Crippen molar-refractivity contribution in [1.82, 2.24) is 15.1 Å². The fraction of sp³-hybridized carbons (Fsp3) is 0.235. The number of carbonyl (C=O) groups is 2. The van der Waals surface area contributed by atoms with Gasteiger partial charge in [-0.25, -0.2) is 4.79 Å². The van der Waals surface area contributed by atoms with E-state index < -0.39 is 5.97 Å². The Hall–Kier alpha value is -3.09. The van der Waals surface area contributed by atoms with Gasteiger partial charge in [-0.1, -0.05) is 18.2 Å². The lowest BCUT2D eigenvalue weighted by Gasteiger charge is -2.14. The predicted octanol–water partition coefficient (Wildman–Crippen LogP) is 2.52. The molecule has 7 heteroatoms. The van der Waals surface area contributed by atoms with Gasteiger partial charge in [0, 0.05) is 12.4 Å². The van der Waals surface area contributed by atoms with E-state index >= 15 is 0 Å². The summed E-state index contributed by atoms with van der Waals surface area (Å²) < 4.78 is 10.2. The van der Waals surface area contributed by atoms with Crippen molar-refractivity contribution in [2.24, 2.45) is 0 Å². The van der Waals surface area contributed by atoms with Crippen LogP contribution in [-0.2, 0) is 11.3 Å². The number of aromatic amines is 1. The summed E-state index contributed by atoms with van der Waals surface area (Å²) in [6.45, 7) is 1.90. The van der Waals surface area contributed by atoms with E-state index in [0.29, 0.717) is 22.8 Å². The third-order valence-corrected chi connectivity index (χ3v) is 3.79. The minimum absolute atomic E-state index is 0.220. The zero-order chi connectivity index (χ0) is 17.3. The summed E-state index contributed by atoms with van der Waals surface area (Å²) in [6, 6.07) is 9.02. The molecule has 2 heterocycles. The van der Waals surface area contributed by atoms with Crippen molar-refractivity contribution >= 4 is 22.8 Å². The normalized spacial score (nSPS) is 10.8. The van der Waals surface area contributed by atoms with Gasteiger partial charge < -0.3 is 14.1 Å². The molecule has 0 unspecified atom stereocenters. The maximum atomic E-state index is 12.6. The second-order valence-corrected chi connectivity index (χ2v) is 5.45. The summed E-state index contributed by atoms with van der Waals surface area (Å²) in [5.74, 6) is 0.266. The summed E-state index contributed by atoms with van der Waals surface area (Å²) in [5, 5.41) is 7.71. The maximum absolute atomic E-state index is 12.6. The summed E-state index contributed by atoms with van der Waals surface area (Å²) in [4.78, 5) is 25.7. The van der Waals surface area contributed by atoms with E-state index in [1.807, 2.05) is 24.3 Å². The number of amides is 1. The number of rotatable bonds is 4. The van der Waals surface area contributed by atoms with Gasteiger partial charge >= 0.3 is 5.97 Å². The average molecular weight is 327 g/mol. The van der Waals surface area contributed by atoms with Crippen LogP contribution >= 0.6 is 0 Å². The Morgan fingerprint density at radius 3 is 2.83 bits per heavy atom. The van der Waals surface area contributed by atoms with Crippen LogP contribution in [-0.4, -0.2) is 41.1 Å². The lowest BCUT2D eigenvalue weighted by molar-refractivity contribution is 0.0598. The van der Waals surface area contributed by atoms with Crippen LogP contribution < -0.4 is 0 Å². The van der Waals surface area contributed by atoms with Gasteiger partial charge in [0.25, 0.3) is 5.91 Å². The van der Waals surface area contributed by atoms with Gasteiger partial charge in [0.15, 0.2) is 5.69 Å². The average Bonchev–Trinajstić information content (AvgIpc) is 3.17. The SMILES string of the molecule is COC(=O)c1cc(CN(C)C(=O)c2n[nH]c3ccccc23)oc1C. The van der Waals surface area contributed by atoms with Crippen LogP contribution in [0.1, 0.15) is 32.4 Å². The van der Waals surface area contributed by atoms with Crippen molar-refractivity contribution in [3.8, 4) is 0 Å². The number of esters is 1. The second-order valence-electron chi connectivity index (χ2n) is 5.45. The van der Waals surface area contributed by atoms with E-state index in [0.717, 1.165) is 10.9 Å². The number of benzene rings is 1. The number of para-hydroxylation sites is 1. The van der Waals surface area contributed by atoms with E-state index in [-0.39, 0.29) is 12.5 Å². The first kappa shape index (κ1) is 15.8. The van der Waals surface area contributed by atoms with Crippen LogP contribution in [0.3, 0.4) is 0 Å². The molecule has 3 rings (SSSR count). The predicted molar refractivity (Wildman–Crippen MR) is 86.7 cm³/mol. The molecule has 0 bridgehead atoms. The number of methoxy groups -OCH3 is 1. The molecule has 2 aromatic heterocycles. The number of hydrogen-bond acceptors (Lipinski definition) is 5. The van der Waals surface area contributed by atoms with Crippen molar-refractivity contribution in [1.29, 1.82) is 0 Å². The van der Waals surface area contributed by atoms with Crippen molar-refractivity contribution < 1.29 is 18.7 Å². The molecule has 1 amide bonds. The number of nitrogens with zero attached hydrogens (tertiary/aromatic N) is 2. The first-order valence-corrected chi connectivity index (χ1v) is 7.37. The zero-order valence-corrected chi connectivity index (χ0v) is 13.6. The van der Waals surface area contributed by atoms with Gasteiger partial charge in [0.1, 0.15) is 17.1 Å². The number of aromatic nitrogens is 2. The number of ether oxygens (including phenoxy) is 1.